The minimum absolute atomic E-state index is 0.0152. The zero-order valence-electron chi connectivity index (χ0n) is 20.9. The molecule has 4 heterocycles. The molecule has 1 amide bonds. The predicted octanol–water partition coefficient (Wildman–Crippen LogP) is 1.77. The summed E-state index contributed by atoms with van der Waals surface area (Å²) in [6, 6.07) is 11.0. The average molecular weight is 552 g/mol. The zero-order valence-corrected chi connectivity index (χ0v) is 21.7. The van der Waals surface area contributed by atoms with Crippen LogP contribution in [0, 0.1) is 5.82 Å². The molecule has 1 aliphatic rings. The monoisotopic (exact) mass is 551 g/mol. The number of fused-ring (bicyclic) bond motifs is 4. The molecule has 0 radical (unpaired) electrons. The summed E-state index contributed by atoms with van der Waals surface area (Å²) in [4.78, 5) is 38.8. The first-order valence-electron chi connectivity index (χ1n) is 11.9. The Hall–Kier alpha value is -4.59. The summed E-state index contributed by atoms with van der Waals surface area (Å²) in [5.74, 6) is 0.792. The molecule has 200 valence electrons. The number of anilines is 1. The number of benzene rings is 2. The van der Waals surface area contributed by atoms with Crippen LogP contribution in [0.3, 0.4) is 0 Å². The average Bonchev–Trinajstić information content (AvgIpc) is 3.49. The van der Waals surface area contributed by atoms with Gasteiger partial charge >= 0.3 is 5.69 Å². The van der Waals surface area contributed by atoms with Crippen molar-refractivity contribution in [3.05, 3.63) is 74.7 Å². The molecular formula is C25H22FN7O5S. The second-order valence-corrected chi connectivity index (χ2v) is 9.85. The smallest absolute Gasteiger partial charge is 0.332 e. The van der Waals surface area contributed by atoms with Gasteiger partial charge in [0.15, 0.2) is 27.8 Å². The first-order valence-corrected chi connectivity index (χ1v) is 12.9. The molecule has 0 unspecified atom stereocenters. The summed E-state index contributed by atoms with van der Waals surface area (Å²) >= 11 is 1.11. The van der Waals surface area contributed by atoms with Crippen molar-refractivity contribution in [3.63, 3.8) is 0 Å². The highest BCUT2D eigenvalue weighted by Crippen LogP contribution is 2.33. The fourth-order valence-electron chi connectivity index (χ4n) is 4.49. The summed E-state index contributed by atoms with van der Waals surface area (Å²) in [5, 5.41) is 11.7. The van der Waals surface area contributed by atoms with Gasteiger partial charge in [-0.05, 0) is 29.8 Å². The summed E-state index contributed by atoms with van der Waals surface area (Å²) in [6.07, 6.45) is 0. The molecule has 0 spiro atoms. The molecule has 2 aromatic carbocycles. The second kappa shape index (κ2) is 9.62. The number of aromatic nitrogens is 6. The van der Waals surface area contributed by atoms with Crippen LogP contribution >= 0.6 is 11.8 Å². The molecule has 0 atom stereocenters. The van der Waals surface area contributed by atoms with E-state index in [1.54, 1.807) is 46.3 Å². The normalized spacial score (nSPS) is 12.8. The summed E-state index contributed by atoms with van der Waals surface area (Å²) < 4.78 is 30.1. The van der Waals surface area contributed by atoms with Crippen LogP contribution in [-0.4, -0.2) is 53.2 Å². The predicted molar refractivity (Wildman–Crippen MR) is 141 cm³/mol. The molecule has 14 heteroatoms. The van der Waals surface area contributed by atoms with Crippen LogP contribution < -0.4 is 26.0 Å². The Morgan fingerprint density at radius 2 is 1.77 bits per heavy atom. The highest BCUT2D eigenvalue weighted by Gasteiger charge is 2.24. The van der Waals surface area contributed by atoms with E-state index in [4.69, 9.17) is 9.47 Å². The molecule has 6 rings (SSSR count). The van der Waals surface area contributed by atoms with Crippen molar-refractivity contribution < 1.29 is 18.7 Å². The Bertz CT molecular complexity index is 1870. The molecule has 3 aromatic heterocycles. The fourth-order valence-corrected chi connectivity index (χ4v) is 5.22. The number of nitrogens with one attached hydrogen (secondary N) is 1. The minimum Gasteiger partial charge on any atom is -0.486 e. The Kier molecular flexibility index (Phi) is 6.10. The van der Waals surface area contributed by atoms with Crippen molar-refractivity contribution in [1.29, 1.82) is 0 Å². The van der Waals surface area contributed by atoms with E-state index in [2.05, 4.69) is 15.5 Å². The summed E-state index contributed by atoms with van der Waals surface area (Å²) in [5.41, 5.74) is 0.777. The van der Waals surface area contributed by atoms with E-state index in [1.807, 2.05) is 0 Å². The summed E-state index contributed by atoms with van der Waals surface area (Å²) in [7, 11) is 2.95. The number of amides is 1. The molecule has 0 saturated heterocycles. The number of ether oxygens (including phenoxy) is 2. The Balaban J connectivity index is 1.35. The van der Waals surface area contributed by atoms with Crippen LogP contribution in [0.4, 0.5) is 10.1 Å². The Morgan fingerprint density at radius 1 is 1.03 bits per heavy atom. The molecule has 0 saturated carbocycles. The third kappa shape index (κ3) is 4.31. The van der Waals surface area contributed by atoms with Crippen molar-refractivity contribution in [2.75, 3.05) is 24.3 Å². The number of carbonyl (C=O) groups is 1. The van der Waals surface area contributed by atoms with Gasteiger partial charge in [-0.15, -0.1) is 10.2 Å². The van der Waals surface area contributed by atoms with Gasteiger partial charge in [0.25, 0.3) is 5.56 Å². The number of thioether (sulfide) groups is 1. The Morgan fingerprint density at radius 3 is 2.54 bits per heavy atom. The van der Waals surface area contributed by atoms with Gasteiger partial charge in [0.1, 0.15) is 19.0 Å². The van der Waals surface area contributed by atoms with E-state index in [0.717, 1.165) is 21.9 Å². The number of halogens is 1. The van der Waals surface area contributed by atoms with Crippen LogP contribution in [0.15, 0.2) is 57.2 Å². The van der Waals surface area contributed by atoms with Gasteiger partial charge in [-0.1, -0.05) is 23.9 Å². The number of imidazole rings is 1. The number of hydrogen-bond acceptors (Lipinski definition) is 8. The number of rotatable bonds is 6. The number of nitrogens with zero attached hydrogens (tertiary/aromatic N) is 6. The molecule has 12 nitrogen and oxygen atoms in total. The van der Waals surface area contributed by atoms with E-state index >= 15 is 0 Å². The molecule has 39 heavy (non-hydrogen) atoms. The lowest BCUT2D eigenvalue weighted by Crippen LogP contribution is -2.37. The van der Waals surface area contributed by atoms with Gasteiger partial charge in [-0.2, -0.15) is 0 Å². The van der Waals surface area contributed by atoms with Crippen LogP contribution in [0.2, 0.25) is 0 Å². The lowest BCUT2D eigenvalue weighted by Gasteiger charge is -2.18. The van der Waals surface area contributed by atoms with Crippen molar-refractivity contribution >= 4 is 40.3 Å². The number of carbonyl (C=O) groups excluding carboxylic acids is 1. The lowest BCUT2D eigenvalue weighted by atomic mass is 10.2. The molecule has 0 fully saturated rings. The SMILES string of the molecule is Cn1c(=O)c2c(n(C)c1=O)n1c(SCC(=O)Nc3ccc4c(c3)OCCO4)nnc1n2Cc1ccc(F)cc1. The van der Waals surface area contributed by atoms with Gasteiger partial charge in [0, 0.05) is 25.8 Å². The topological polar surface area (TPSA) is 127 Å². The van der Waals surface area contributed by atoms with Crippen LogP contribution in [0.1, 0.15) is 5.56 Å². The van der Waals surface area contributed by atoms with E-state index < -0.39 is 11.2 Å². The van der Waals surface area contributed by atoms with Gasteiger partial charge < -0.3 is 14.8 Å². The van der Waals surface area contributed by atoms with E-state index in [1.165, 1.54) is 23.7 Å². The summed E-state index contributed by atoms with van der Waals surface area (Å²) in [6.45, 7) is 1.10. The van der Waals surface area contributed by atoms with E-state index in [0.29, 0.717) is 47.0 Å². The van der Waals surface area contributed by atoms with Crippen LogP contribution in [-0.2, 0) is 25.4 Å². The third-order valence-electron chi connectivity index (χ3n) is 6.36. The van der Waals surface area contributed by atoms with E-state index in [9.17, 15) is 18.8 Å². The van der Waals surface area contributed by atoms with Gasteiger partial charge in [-0.3, -0.25) is 23.3 Å². The highest BCUT2D eigenvalue weighted by atomic mass is 32.2. The first-order chi connectivity index (χ1) is 18.8. The molecular weight excluding hydrogens is 529 g/mol. The number of hydrogen-bond donors (Lipinski definition) is 1. The third-order valence-corrected chi connectivity index (χ3v) is 7.29. The van der Waals surface area contributed by atoms with Crippen LogP contribution in [0.25, 0.3) is 16.9 Å². The Labute approximate surface area is 223 Å². The lowest BCUT2D eigenvalue weighted by molar-refractivity contribution is -0.113. The zero-order chi connectivity index (χ0) is 27.3. The molecule has 1 N–H and O–H groups in total. The van der Waals surface area contributed by atoms with Gasteiger partial charge in [-0.25, -0.2) is 13.6 Å². The van der Waals surface area contributed by atoms with Gasteiger partial charge in [0.05, 0.1) is 12.3 Å². The maximum atomic E-state index is 13.5. The largest absolute Gasteiger partial charge is 0.486 e. The molecule has 5 aromatic rings. The van der Waals surface area contributed by atoms with Crippen molar-refractivity contribution in [2.45, 2.75) is 11.7 Å². The first kappa shape index (κ1) is 24.7. The molecule has 1 aliphatic heterocycles. The van der Waals surface area contributed by atoms with Crippen molar-refractivity contribution in [3.8, 4) is 11.5 Å². The fraction of sp³-hybridized carbons (Fsp3) is 0.240. The molecule has 0 bridgehead atoms. The van der Waals surface area contributed by atoms with Crippen LogP contribution in [0.5, 0.6) is 11.5 Å². The minimum atomic E-state index is -0.519. The van der Waals surface area contributed by atoms with Crippen molar-refractivity contribution in [2.24, 2.45) is 14.1 Å². The van der Waals surface area contributed by atoms with E-state index in [-0.39, 0.29) is 29.5 Å². The maximum absolute atomic E-state index is 13.5. The second-order valence-electron chi connectivity index (χ2n) is 8.90. The standard InChI is InChI=1S/C25H22FN7O5S/c1-30-21-20(22(35)31(2)25(30)36)32(12-14-3-5-15(26)6-4-14)23-28-29-24(33(21)23)39-13-19(34)27-16-7-8-17-18(11-16)38-10-9-37-17/h3-8,11H,9-10,12-13H2,1-2H3,(H,27,34). The molecule has 0 aliphatic carbocycles. The van der Waals surface area contributed by atoms with Crippen molar-refractivity contribution in [1.82, 2.24) is 28.3 Å². The number of aryl methyl sites for hydroxylation is 1. The maximum Gasteiger partial charge on any atom is 0.332 e. The highest BCUT2D eigenvalue weighted by molar-refractivity contribution is 7.99. The van der Waals surface area contributed by atoms with Gasteiger partial charge in [0.2, 0.25) is 11.7 Å². The quantitative estimate of drug-likeness (QED) is 0.317.